The molecular formula is C24H34N2O9S2. The van der Waals surface area contributed by atoms with E-state index in [4.69, 9.17) is 14.2 Å². The Morgan fingerprint density at radius 1 is 1.11 bits per heavy atom. The van der Waals surface area contributed by atoms with Crippen molar-refractivity contribution in [2.24, 2.45) is 5.41 Å². The smallest absolute Gasteiger partial charge is 0.303 e. The van der Waals surface area contributed by atoms with Crippen LogP contribution in [0.1, 0.15) is 47.5 Å². The van der Waals surface area contributed by atoms with Crippen LogP contribution in [0.25, 0.3) is 0 Å². The quantitative estimate of drug-likeness (QED) is 0.474. The Morgan fingerprint density at radius 3 is 2.16 bits per heavy atom. The summed E-state index contributed by atoms with van der Waals surface area (Å²) in [4.78, 5) is 66.7. The molecule has 7 atom stereocenters. The molecule has 13 heteroatoms. The Kier molecular flexibility index (Phi) is 6.54. The van der Waals surface area contributed by atoms with Crippen molar-refractivity contribution in [3.8, 4) is 0 Å². The van der Waals surface area contributed by atoms with Crippen LogP contribution in [0, 0.1) is 5.41 Å². The molecule has 3 saturated heterocycles. The van der Waals surface area contributed by atoms with Gasteiger partial charge >= 0.3 is 11.9 Å². The van der Waals surface area contributed by atoms with E-state index in [1.54, 1.807) is 33.3 Å². The van der Waals surface area contributed by atoms with Crippen molar-refractivity contribution in [3.05, 3.63) is 0 Å². The first-order chi connectivity index (χ1) is 17.1. The molecule has 0 aromatic carbocycles. The molecule has 4 rings (SSSR count). The van der Waals surface area contributed by atoms with Gasteiger partial charge in [-0.15, -0.1) is 23.5 Å². The number of esters is 2. The fourth-order valence-electron chi connectivity index (χ4n) is 6.68. The summed E-state index contributed by atoms with van der Waals surface area (Å²) in [7, 11) is 1.45. The van der Waals surface area contributed by atoms with E-state index in [1.165, 1.54) is 30.7 Å². The van der Waals surface area contributed by atoms with Gasteiger partial charge in [0.1, 0.15) is 0 Å². The van der Waals surface area contributed by atoms with Crippen LogP contribution in [0.2, 0.25) is 0 Å². The molecular weight excluding hydrogens is 524 g/mol. The summed E-state index contributed by atoms with van der Waals surface area (Å²) in [6.45, 7) is 6.91. The number of aliphatic hydroxyl groups is 1. The van der Waals surface area contributed by atoms with Crippen LogP contribution >= 0.6 is 23.5 Å². The number of carbonyl (C=O) groups is 5. The molecule has 3 aliphatic heterocycles. The number of nitrogens with zero attached hydrogens (tertiary/aromatic N) is 2. The number of ketones is 1. The van der Waals surface area contributed by atoms with Crippen LogP contribution in [0.4, 0.5) is 0 Å². The minimum atomic E-state index is -1.74. The van der Waals surface area contributed by atoms with Gasteiger partial charge in [-0.2, -0.15) is 0 Å². The number of rotatable bonds is 5. The van der Waals surface area contributed by atoms with Crippen molar-refractivity contribution in [2.45, 2.75) is 86.7 Å². The molecule has 206 valence electrons. The molecule has 0 radical (unpaired) electrons. The Hall–Kier alpha value is -1.83. The zero-order valence-corrected chi connectivity index (χ0v) is 23.9. The number of Topliss-reactive ketones (excluding diaryl/α,β-unsaturated/α-hetero) is 1. The van der Waals surface area contributed by atoms with Crippen LogP contribution in [-0.4, -0.2) is 110 Å². The maximum absolute atomic E-state index is 14.3. The Morgan fingerprint density at radius 2 is 1.73 bits per heavy atom. The summed E-state index contributed by atoms with van der Waals surface area (Å²) < 4.78 is 18.1. The monoisotopic (exact) mass is 558 g/mol. The maximum Gasteiger partial charge on any atom is 0.303 e. The zero-order chi connectivity index (χ0) is 27.9. The summed E-state index contributed by atoms with van der Waals surface area (Å²) in [6, 6.07) is -1.04. The van der Waals surface area contributed by atoms with E-state index in [9.17, 15) is 29.1 Å². The minimum Gasteiger partial charge on any atom is -0.455 e. The SMILES string of the molecule is CS[C@]1(CO)C(=O)N2[C@@H]3C[C@@]4(O[C@H](C)C(C)(C)C4=O)[C@@H](OC(C)=O)[C@]3(OC(C)=O)C[C@@]2(SC)C(=O)N1C. The number of hydrogen-bond acceptors (Lipinski definition) is 11. The minimum absolute atomic E-state index is 0.147. The van der Waals surface area contributed by atoms with Gasteiger partial charge in [0.15, 0.2) is 32.8 Å². The number of fused-ring (bicyclic) bond motifs is 3. The fourth-order valence-corrected chi connectivity index (χ4v) is 8.53. The Labute approximate surface area is 224 Å². The summed E-state index contributed by atoms with van der Waals surface area (Å²) >= 11 is 2.12. The summed E-state index contributed by atoms with van der Waals surface area (Å²) in [6.07, 6.45) is 0.946. The number of aliphatic hydroxyl groups excluding tert-OH is 1. The van der Waals surface area contributed by atoms with Crippen molar-refractivity contribution in [1.82, 2.24) is 9.80 Å². The third-order valence-corrected chi connectivity index (χ3v) is 11.2. The highest BCUT2D eigenvalue weighted by Gasteiger charge is 2.84. The van der Waals surface area contributed by atoms with Gasteiger partial charge in [-0.25, -0.2) is 0 Å². The first-order valence-corrected chi connectivity index (χ1v) is 14.5. The molecule has 37 heavy (non-hydrogen) atoms. The van der Waals surface area contributed by atoms with Crippen LogP contribution in [0.5, 0.6) is 0 Å². The summed E-state index contributed by atoms with van der Waals surface area (Å²) in [5.41, 5.74) is -4.40. The highest BCUT2D eigenvalue weighted by molar-refractivity contribution is 8.01. The Bertz CT molecular complexity index is 1080. The topological polar surface area (TPSA) is 140 Å². The lowest BCUT2D eigenvalue weighted by Crippen LogP contribution is -2.74. The molecule has 0 bridgehead atoms. The molecule has 0 aromatic rings. The van der Waals surface area contributed by atoms with E-state index < -0.39 is 75.0 Å². The lowest BCUT2D eigenvalue weighted by molar-refractivity contribution is -0.202. The second-order valence-corrected chi connectivity index (χ2v) is 13.0. The first kappa shape index (κ1) is 28.2. The van der Waals surface area contributed by atoms with Crippen LogP contribution in [0.15, 0.2) is 0 Å². The molecule has 1 N–H and O–H groups in total. The number of ether oxygens (including phenoxy) is 3. The molecule has 4 aliphatic rings. The number of likely N-dealkylation sites (N-methyl/N-ethyl adjacent to an activating group) is 1. The van der Waals surface area contributed by atoms with Crippen LogP contribution < -0.4 is 0 Å². The van der Waals surface area contributed by atoms with E-state index in [0.717, 1.165) is 23.5 Å². The fraction of sp³-hybridized carbons (Fsp3) is 0.792. The van der Waals surface area contributed by atoms with Gasteiger partial charge in [0, 0.05) is 33.7 Å². The molecule has 1 spiro atoms. The molecule has 3 heterocycles. The van der Waals surface area contributed by atoms with Gasteiger partial charge in [0.25, 0.3) is 11.8 Å². The van der Waals surface area contributed by atoms with Crippen molar-refractivity contribution in [2.75, 3.05) is 26.2 Å². The summed E-state index contributed by atoms with van der Waals surface area (Å²) in [5.74, 6) is -2.81. The molecule has 2 amide bonds. The van der Waals surface area contributed by atoms with E-state index in [2.05, 4.69) is 0 Å². The van der Waals surface area contributed by atoms with Crippen molar-refractivity contribution in [3.63, 3.8) is 0 Å². The highest BCUT2D eigenvalue weighted by Crippen LogP contribution is 2.64. The highest BCUT2D eigenvalue weighted by atomic mass is 32.2. The third-order valence-electron chi connectivity index (χ3n) is 8.76. The second-order valence-electron chi connectivity index (χ2n) is 10.8. The average Bonchev–Trinajstić information content (AvgIpc) is 3.29. The molecule has 11 nitrogen and oxygen atoms in total. The largest absolute Gasteiger partial charge is 0.455 e. The van der Waals surface area contributed by atoms with Crippen molar-refractivity contribution in [1.29, 1.82) is 0 Å². The normalized spacial score (nSPS) is 42.3. The van der Waals surface area contributed by atoms with Crippen molar-refractivity contribution >= 4 is 53.1 Å². The van der Waals surface area contributed by atoms with Crippen LogP contribution in [-0.2, 0) is 38.2 Å². The third kappa shape index (κ3) is 3.26. The predicted molar refractivity (Wildman–Crippen MR) is 134 cm³/mol. The van der Waals surface area contributed by atoms with E-state index in [1.807, 2.05) is 0 Å². The number of amides is 2. The number of carbonyl (C=O) groups excluding carboxylic acids is 5. The second kappa shape index (κ2) is 8.59. The molecule has 0 unspecified atom stereocenters. The van der Waals surface area contributed by atoms with Gasteiger partial charge in [-0.05, 0) is 19.4 Å². The lowest BCUT2D eigenvalue weighted by atomic mass is 9.76. The molecule has 4 fully saturated rings. The van der Waals surface area contributed by atoms with Gasteiger partial charge in [-0.1, -0.05) is 13.8 Å². The van der Waals surface area contributed by atoms with Gasteiger partial charge in [0.05, 0.1) is 24.2 Å². The summed E-state index contributed by atoms with van der Waals surface area (Å²) in [5, 5.41) is 10.3. The molecule has 1 saturated carbocycles. The number of hydrogen-bond donors (Lipinski definition) is 1. The predicted octanol–water partition coefficient (Wildman–Crippen LogP) is 0.560. The standard InChI is InChI=1S/C24H34N2O9S2/c1-12-20(4,5)16(30)21(34-12)9-15-22(35-14(3)29,17(21)33-13(2)28)10-23(36-7)18(31)25(6)24(11-27,37-8)19(32)26(15)23/h12,15,17,27H,9-11H2,1-8H3/t12-,15-,17-,21+,22+,23-,24-/m1/s1. The first-order valence-electron chi connectivity index (χ1n) is 12.0. The van der Waals surface area contributed by atoms with E-state index in [0.29, 0.717) is 0 Å². The number of piperazine rings is 1. The molecule has 0 aromatic heterocycles. The zero-order valence-electron chi connectivity index (χ0n) is 22.3. The Balaban J connectivity index is 2.01. The van der Waals surface area contributed by atoms with Gasteiger partial charge in [-0.3, -0.25) is 24.0 Å². The van der Waals surface area contributed by atoms with Gasteiger partial charge < -0.3 is 29.1 Å². The molecule has 1 aliphatic carbocycles. The lowest BCUT2D eigenvalue weighted by Gasteiger charge is -2.53. The van der Waals surface area contributed by atoms with Crippen LogP contribution in [0.3, 0.4) is 0 Å². The maximum atomic E-state index is 14.3. The average molecular weight is 559 g/mol. The van der Waals surface area contributed by atoms with Crippen molar-refractivity contribution < 1.29 is 43.3 Å². The van der Waals surface area contributed by atoms with E-state index in [-0.39, 0.29) is 18.6 Å². The van der Waals surface area contributed by atoms with Gasteiger partial charge in [0.2, 0.25) is 0 Å². The van der Waals surface area contributed by atoms with E-state index >= 15 is 0 Å². The number of thioether (sulfide) groups is 2.